The first-order valence-electron chi connectivity index (χ1n) is 4.52. The van der Waals surface area contributed by atoms with Gasteiger partial charge in [-0.3, -0.25) is 4.98 Å². The van der Waals surface area contributed by atoms with Gasteiger partial charge in [0.1, 0.15) is 0 Å². The van der Waals surface area contributed by atoms with Crippen LogP contribution in [0.15, 0.2) is 24.4 Å². The third-order valence-corrected chi connectivity index (χ3v) is 2.09. The molecule has 0 unspecified atom stereocenters. The molecule has 0 aliphatic rings. The highest BCUT2D eigenvalue weighted by atomic mass is 16.5. The van der Waals surface area contributed by atoms with Crippen LogP contribution in [-0.2, 0) is 4.74 Å². The van der Waals surface area contributed by atoms with Gasteiger partial charge in [0.2, 0.25) is 0 Å². The topological polar surface area (TPSA) is 52.1 Å². The van der Waals surface area contributed by atoms with Crippen molar-refractivity contribution < 1.29 is 9.53 Å². The molecule has 1 aromatic carbocycles. The fourth-order valence-electron chi connectivity index (χ4n) is 1.32. The van der Waals surface area contributed by atoms with E-state index in [1.165, 1.54) is 13.3 Å². The number of rotatable bonds is 1. The lowest BCUT2D eigenvalue weighted by Crippen LogP contribution is -2.05. The van der Waals surface area contributed by atoms with Crippen molar-refractivity contribution in [2.45, 2.75) is 6.92 Å². The van der Waals surface area contributed by atoms with E-state index in [4.69, 9.17) is 0 Å². The molecule has 1 heterocycles. The first-order chi connectivity index (χ1) is 7.20. The van der Waals surface area contributed by atoms with E-state index in [0.29, 0.717) is 5.52 Å². The molecule has 0 N–H and O–H groups in total. The van der Waals surface area contributed by atoms with E-state index in [1.54, 1.807) is 0 Å². The fraction of sp³-hybridized carbons (Fsp3) is 0.182. The van der Waals surface area contributed by atoms with Crippen molar-refractivity contribution in [2.24, 2.45) is 0 Å². The predicted molar refractivity (Wildman–Crippen MR) is 55.6 cm³/mol. The van der Waals surface area contributed by atoms with E-state index < -0.39 is 5.97 Å². The number of ether oxygens (including phenoxy) is 1. The molecule has 0 fully saturated rings. The average molecular weight is 202 g/mol. The lowest BCUT2D eigenvalue weighted by molar-refractivity contribution is 0.0594. The summed E-state index contributed by atoms with van der Waals surface area (Å²) in [5, 5.41) is 0. The number of carbonyl (C=O) groups excluding carboxylic acids is 1. The van der Waals surface area contributed by atoms with Crippen LogP contribution in [-0.4, -0.2) is 23.0 Å². The van der Waals surface area contributed by atoms with Gasteiger partial charge in [0, 0.05) is 0 Å². The molecule has 0 aliphatic carbocycles. The first kappa shape index (κ1) is 9.58. The number of aryl methyl sites for hydroxylation is 1. The minimum absolute atomic E-state index is 0.232. The van der Waals surface area contributed by atoms with E-state index in [9.17, 15) is 4.79 Å². The Kier molecular flexibility index (Phi) is 2.33. The Balaban J connectivity index is 2.59. The summed E-state index contributed by atoms with van der Waals surface area (Å²) >= 11 is 0. The second kappa shape index (κ2) is 3.65. The molecule has 2 aromatic rings. The summed E-state index contributed by atoms with van der Waals surface area (Å²) < 4.78 is 4.57. The lowest BCUT2D eigenvalue weighted by Gasteiger charge is -2.01. The molecule has 4 nitrogen and oxygen atoms in total. The Labute approximate surface area is 86.9 Å². The van der Waals surface area contributed by atoms with Crippen molar-refractivity contribution in [3.63, 3.8) is 0 Å². The largest absolute Gasteiger partial charge is 0.464 e. The molecule has 1 aromatic heterocycles. The van der Waals surface area contributed by atoms with Crippen LogP contribution in [0, 0.1) is 6.92 Å². The monoisotopic (exact) mass is 202 g/mol. The second-order valence-corrected chi connectivity index (χ2v) is 3.24. The molecule has 15 heavy (non-hydrogen) atoms. The highest BCUT2D eigenvalue weighted by molar-refractivity contribution is 5.89. The van der Waals surface area contributed by atoms with Gasteiger partial charge in [0.05, 0.1) is 24.3 Å². The van der Waals surface area contributed by atoms with E-state index in [-0.39, 0.29) is 5.69 Å². The molecule has 0 atom stereocenters. The van der Waals surface area contributed by atoms with Crippen molar-refractivity contribution in [1.82, 2.24) is 9.97 Å². The second-order valence-electron chi connectivity index (χ2n) is 3.24. The highest BCUT2D eigenvalue weighted by Gasteiger charge is 2.08. The molecular weight excluding hydrogens is 192 g/mol. The molecule has 0 aliphatic heterocycles. The van der Waals surface area contributed by atoms with Gasteiger partial charge in [-0.1, -0.05) is 6.07 Å². The van der Waals surface area contributed by atoms with Crippen molar-refractivity contribution in [2.75, 3.05) is 7.11 Å². The minimum atomic E-state index is -0.467. The van der Waals surface area contributed by atoms with Crippen LogP contribution in [0.3, 0.4) is 0 Å². The predicted octanol–water partition coefficient (Wildman–Crippen LogP) is 1.72. The van der Waals surface area contributed by atoms with Crippen molar-refractivity contribution >= 4 is 17.0 Å². The maximum absolute atomic E-state index is 11.2. The van der Waals surface area contributed by atoms with Crippen LogP contribution in [0.1, 0.15) is 16.1 Å². The van der Waals surface area contributed by atoms with E-state index in [0.717, 1.165) is 11.1 Å². The maximum atomic E-state index is 11.2. The van der Waals surface area contributed by atoms with Crippen molar-refractivity contribution in [1.29, 1.82) is 0 Å². The van der Waals surface area contributed by atoms with Gasteiger partial charge >= 0.3 is 5.97 Å². The summed E-state index contributed by atoms with van der Waals surface area (Å²) in [7, 11) is 1.32. The van der Waals surface area contributed by atoms with Crippen LogP contribution in [0.25, 0.3) is 11.0 Å². The normalized spacial score (nSPS) is 10.3. The highest BCUT2D eigenvalue weighted by Crippen LogP contribution is 2.11. The van der Waals surface area contributed by atoms with Gasteiger partial charge in [0.15, 0.2) is 5.69 Å². The number of fused-ring (bicyclic) bond motifs is 1. The van der Waals surface area contributed by atoms with Gasteiger partial charge in [-0.15, -0.1) is 0 Å². The summed E-state index contributed by atoms with van der Waals surface area (Å²) in [6.07, 6.45) is 1.42. The van der Waals surface area contributed by atoms with Gasteiger partial charge in [-0.2, -0.15) is 0 Å². The van der Waals surface area contributed by atoms with Gasteiger partial charge in [0.25, 0.3) is 0 Å². The van der Waals surface area contributed by atoms with Crippen LogP contribution < -0.4 is 0 Å². The number of aromatic nitrogens is 2. The van der Waals surface area contributed by atoms with Gasteiger partial charge in [-0.25, -0.2) is 9.78 Å². The number of benzene rings is 1. The molecule has 2 rings (SSSR count). The van der Waals surface area contributed by atoms with Crippen LogP contribution in [0.2, 0.25) is 0 Å². The Morgan fingerprint density at radius 2 is 2.13 bits per heavy atom. The molecule has 0 radical (unpaired) electrons. The molecule has 76 valence electrons. The third-order valence-electron chi connectivity index (χ3n) is 2.09. The zero-order valence-corrected chi connectivity index (χ0v) is 8.52. The smallest absolute Gasteiger partial charge is 0.358 e. The summed E-state index contributed by atoms with van der Waals surface area (Å²) in [6, 6.07) is 5.71. The third kappa shape index (κ3) is 1.79. The average Bonchev–Trinajstić information content (AvgIpc) is 2.27. The summed E-state index contributed by atoms with van der Waals surface area (Å²) in [4.78, 5) is 19.5. The molecule has 0 saturated heterocycles. The lowest BCUT2D eigenvalue weighted by atomic mass is 10.2. The first-order valence-corrected chi connectivity index (χ1v) is 4.52. The van der Waals surface area contributed by atoms with Gasteiger partial charge < -0.3 is 4.74 Å². The van der Waals surface area contributed by atoms with E-state index in [1.807, 2.05) is 25.1 Å². The number of methoxy groups -OCH3 is 1. The number of esters is 1. The number of hydrogen-bond donors (Lipinski definition) is 0. The maximum Gasteiger partial charge on any atom is 0.358 e. The molecule has 4 heteroatoms. The fourth-order valence-corrected chi connectivity index (χ4v) is 1.32. The standard InChI is InChI=1S/C11H10N2O2/c1-7-3-4-8-9(5-7)13-10(6-12-8)11(14)15-2/h3-6H,1-2H3. The van der Waals surface area contributed by atoms with Crippen molar-refractivity contribution in [3.8, 4) is 0 Å². The molecule has 0 bridgehead atoms. The van der Waals surface area contributed by atoms with Crippen LogP contribution in [0.5, 0.6) is 0 Å². The molecule has 0 amide bonds. The van der Waals surface area contributed by atoms with E-state index >= 15 is 0 Å². The minimum Gasteiger partial charge on any atom is -0.464 e. The summed E-state index contributed by atoms with van der Waals surface area (Å²) in [5.74, 6) is -0.467. The molecule has 0 spiro atoms. The van der Waals surface area contributed by atoms with Crippen LogP contribution in [0.4, 0.5) is 0 Å². The quantitative estimate of drug-likeness (QED) is 0.661. The Morgan fingerprint density at radius 3 is 2.87 bits per heavy atom. The van der Waals surface area contributed by atoms with Crippen LogP contribution >= 0.6 is 0 Å². The molecular formula is C11H10N2O2. The summed E-state index contributed by atoms with van der Waals surface area (Å²) in [5.41, 5.74) is 2.79. The number of hydrogen-bond acceptors (Lipinski definition) is 4. The zero-order chi connectivity index (χ0) is 10.8. The zero-order valence-electron chi connectivity index (χ0n) is 8.52. The van der Waals surface area contributed by atoms with Gasteiger partial charge in [-0.05, 0) is 24.6 Å². The van der Waals surface area contributed by atoms with Crippen molar-refractivity contribution in [3.05, 3.63) is 35.7 Å². The SMILES string of the molecule is COC(=O)c1cnc2ccc(C)cc2n1. The van der Waals surface area contributed by atoms with E-state index in [2.05, 4.69) is 14.7 Å². The molecule has 0 saturated carbocycles. The number of carbonyl (C=O) groups is 1. The number of nitrogens with zero attached hydrogens (tertiary/aromatic N) is 2. The Morgan fingerprint density at radius 1 is 1.33 bits per heavy atom. The Bertz CT molecular complexity index is 523. The summed E-state index contributed by atoms with van der Waals surface area (Å²) in [6.45, 7) is 1.96. The Hall–Kier alpha value is -1.97.